The lowest BCUT2D eigenvalue weighted by molar-refractivity contribution is 0.727. The van der Waals surface area contributed by atoms with Crippen molar-refractivity contribution in [2.75, 3.05) is 25.0 Å². The summed E-state index contributed by atoms with van der Waals surface area (Å²) in [5, 5.41) is 0. The molecule has 1 aromatic carbocycles. The van der Waals surface area contributed by atoms with Crippen molar-refractivity contribution >= 4 is 5.69 Å². The second-order valence-electron chi connectivity index (χ2n) is 4.21. The van der Waals surface area contributed by atoms with Crippen molar-refractivity contribution in [2.45, 2.75) is 26.7 Å². The molecule has 0 atom stereocenters. The molecule has 0 aliphatic rings. The summed E-state index contributed by atoms with van der Waals surface area (Å²) in [4.78, 5) is 2.32. The lowest BCUT2D eigenvalue weighted by atomic mass is 10.1. The van der Waals surface area contributed by atoms with E-state index in [2.05, 4.69) is 44.0 Å². The number of hydrogen-bond donors (Lipinski definition) is 1. The summed E-state index contributed by atoms with van der Waals surface area (Å²) in [6.45, 7) is 6.17. The highest BCUT2D eigenvalue weighted by Crippen LogP contribution is 2.20. The summed E-state index contributed by atoms with van der Waals surface area (Å²) in [5.41, 5.74) is 9.49. The van der Waals surface area contributed by atoms with E-state index in [9.17, 15) is 0 Å². The first kappa shape index (κ1) is 12.1. The third kappa shape index (κ3) is 3.56. The Morgan fingerprint density at radius 2 is 1.93 bits per heavy atom. The summed E-state index contributed by atoms with van der Waals surface area (Å²) in [7, 11) is 2.15. The molecule has 0 heterocycles. The number of unbranched alkanes of at least 4 members (excludes halogenated alkanes) is 1. The Balaban J connectivity index is 2.64. The molecule has 0 saturated carbocycles. The first-order valence-electron chi connectivity index (χ1n) is 5.63. The van der Waals surface area contributed by atoms with Crippen LogP contribution in [0.5, 0.6) is 0 Å². The molecule has 2 heteroatoms. The third-order valence-electron chi connectivity index (χ3n) is 2.72. The van der Waals surface area contributed by atoms with E-state index in [0.29, 0.717) is 0 Å². The maximum Gasteiger partial charge on any atom is 0.0395 e. The first-order valence-corrected chi connectivity index (χ1v) is 5.63. The van der Waals surface area contributed by atoms with Gasteiger partial charge in [0.25, 0.3) is 0 Å². The van der Waals surface area contributed by atoms with Crippen molar-refractivity contribution in [1.29, 1.82) is 0 Å². The van der Waals surface area contributed by atoms with Gasteiger partial charge in [-0.25, -0.2) is 0 Å². The van der Waals surface area contributed by atoms with Crippen molar-refractivity contribution < 1.29 is 0 Å². The van der Waals surface area contributed by atoms with Crippen molar-refractivity contribution in [2.24, 2.45) is 5.73 Å². The molecule has 0 saturated heterocycles. The van der Waals surface area contributed by atoms with Crippen LogP contribution in [0.15, 0.2) is 18.2 Å². The molecule has 1 aromatic rings. The van der Waals surface area contributed by atoms with E-state index >= 15 is 0 Å². The second-order valence-corrected chi connectivity index (χ2v) is 4.21. The van der Waals surface area contributed by atoms with Crippen LogP contribution in [-0.2, 0) is 0 Å². The van der Waals surface area contributed by atoms with Crippen molar-refractivity contribution in [3.8, 4) is 0 Å². The molecular weight excluding hydrogens is 184 g/mol. The van der Waals surface area contributed by atoms with Crippen LogP contribution in [0.2, 0.25) is 0 Å². The number of benzene rings is 1. The fraction of sp³-hybridized carbons (Fsp3) is 0.538. The maximum atomic E-state index is 5.49. The van der Waals surface area contributed by atoms with Gasteiger partial charge in [-0.15, -0.1) is 0 Å². The fourth-order valence-corrected chi connectivity index (χ4v) is 1.74. The monoisotopic (exact) mass is 206 g/mol. The van der Waals surface area contributed by atoms with Crippen LogP contribution < -0.4 is 10.6 Å². The molecule has 2 N–H and O–H groups in total. The van der Waals surface area contributed by atoms with Crippen LogP contribution in [0.4, 0.5) is 5.69 Å². The predicted octanol–water partition coefficient (Wildman–Crippen LogP) is 2.48. The predicted molar refractivity (Wildman–Crippen MR) is 67.5 cm³/mol. The largest absolute Gasteiger partial charge is 0.374 e. The minimum absolute atomic E-state index is 0.792. The summed E-state index contributed by atoms with van der Waals surface area (Å²) in [6, 6.07) is 6.59. The highest BCUT2D eigenvalue weighted by Gasteiger charge is 2.03. The molecule has 0 fully saturated rings. The van der Waals surface area contributed by atoms with E-state index in [4.69, 9.17) is 5.73 Å². The fourth-order valence-electron chi connectivity index (χ4n) is 1.74. The minimum atomic E-state index is 0.792. The number of anilines is 1. The molecular formula is C13H22N2. The number of hydrogen-bond acceptors (Lipinski definition) is 2. The highest BCUT2D eigenvalue weighted by atomic mass is 15.1. The smallest absolute Gasteiger partial charge is 0.0395 e. The second kappa shape index (κ2) is 5.76. The third-order valence-corrected chi connectivity index (χ3v) is 2.72. The minimum Gasteiger partial charge on any atom is -0.374 e. The Kier molecular flexibility index (Phi) is 4.63. The van der Waals surface area contributed by atoms with Gasteiger partial charge in [0.15, 0.2) is 0 Å². The molecule has 15 heavy (non-hydrogen) atoms. The van der Waals surface area contributed by atoms with Gasteiger partial charge >= 0.3 is 0 Å². The molecule has 2 nitrogen and oxygen atoms in total. The number of nitrogens with two attached hydrogens (primary N) is 1. The standard InChI is InChI=1S/C13H22N2/c1-11-6-7-12(2)13(10-11)15(3)9-5-4-8-14/h6-7,10H,4-5,8-9,14H2,1-3H3. The van der Waals surface area contributed by atoms with Crippen LogP contribution in [-0.4, -0.2) is 20.1 Å². The first-order chi connectivity index (χ1) is 7.15. The van der Waals surface area contributed by atoms with Crippen LogP contribution in [0.1, 0.15) is 24.0 Å². The number of nitrogens with zero attached hydrogens (tertiary/aromatic N) is 1. The normalized spacial score (nSPS) is 10.4. The number of aryl methyl sites for hydroxylation is 2. The van der Waals surface area contributed by atoms with E-state index < -0.39 is 0 Å². The van der Waals surface area contributed by atoms with Gasteiger partial charge < -0.3 is 10.6 Å². The molecule has 0 aliphatic carbocycles. The Bertz CT molecular complexity index is 307. The van der Waals surface area contributed by atoms with Crippen LogP contribution in [0.3, 0.4) is 0 Å². The lowest BCUT2D eigenvalue weighted by Gasteiger charge is -2.21. The summed E-state index contributed by atoms with van der Waals surface area (Å²) in [6.07, 6.45) is 2.27. The van der Waals surface area contributed by atoms with E-state index in [0.717, 1.165) is 19.5 Å². The molecule has 0 aliphatic heterocycles. The Morgan fingerprint density at radius 1 is 1.20 bits per heavy atom. The van der Waals surface area contributed by atoms with E-state index in [1.807, 2.05) is 0 Å². The SMILES string of the molecule is Cc1ccc(C)c(N(C)CCCCN)c1. The van der Waals surface area contributed by atoms with Gasteiger partial charge in [-0.2, -0.15) is 0 Å². The van der Waals surface area contributed by atoms with E-state index in [1.165, 1.54) is 23.2 Å². The van der Waals surface area contributed by atoms with Crippen molar-refractivity contribution in [1.82, 2.24) is 0 Å². The summed E-state index contributed by atoms with van der Waals surface area (Å²) >= 11 is 0. The van der Waals surface area contributed by atoms with Gasteiger partial charge in [-0.05, 0) is 50.4 Å². The van der Waals surface area contributed by atoms with Gasteiger partial charge in [0.05, 0.1) is 0 Å². The van der Waals surface area contributed by atoms with Crippen molar-refractivity contribution in [3.05, 3.63) is 29.3 Å². The van der Waals surface area contributed by atoms with Gasteiger partial charge in [0.1, 0.15) is 0 Å². The number of rotatable bonds is 5. The summed E-state index contributed by atoms with van der Waals surface area (Å²) in [5.74, 6) is 0. The molecule has 0 bridgehead atoms. The molecule has 0 amide bonds. The highest BCUT2D eigenvalue weighted by molar-refractivity contribution is 5.54. The van der Waals surface area contributed by atoms with E-state index in [-0.39, 0.29) is 0 Å². The average Bonchev–Trinajstić information content (AvgIpc) is 2.22. The Morgan fingerprint density at radius 3 is 2.60 bits per heavy atom. The Hall–Kier alpha value is -1.02. The molecule has 0 aromatic heterocycles. The zero-order valence-electron chi connectivity index (χ0n) is 10.1. The molecule has 0 radical (unpaired) electrons. The van der Waals surface area contributed by atoms with Crippen LogP contribution >= 0.6 is 0 Å². The quantitative estimate of drug-likeness (QED) is 0.750. The Labute approximate surface area is 93.1 Å². The van der Waals surface area contributed by atoms with Crippen LogP contribution in [0, 0.1) is 13.8 Å². The average molecular weight is 206 g/mol. The lowest BCUT2D eigenvalue weighted by Crippen LogP contribution is -2.20. The van der Waals surface area contributed by atoms with E-state index in [1.54, 1.807) is 0 Å². The maximum absolute atomic E-state index is 5.49. The molecule has 1 rings (SSSR count). The van der Waals surface area contributed by atoms with Gasteiger partial charge in [-0.3, -0.25) is 0 Å². The topological polar surface area (TPSA) is 29.3 Å². The van der Waals surface area contributed by atoms with Crippen molar-refractivity contribution in [3.63, 3.8) is 0 Å². The van der Waals surface area contributed by atoms with Crippen LogP contribution in [0.25, 0.3) is 0 Å². The van der Waals surface area contributed by atoms with Gasteiger partial charge in [0, 0.05) is 19.3 Å². The zero-order chi connectivity index (χ0) is 11.3. The summed E-state index contributed by atoms with van der Waals surface area (Å²) < 4.78 is 0. The molecule has 0 spiro atoms. The van der Waals surface area contributed by atoms with Gasteiger partial charge in [0.2, 0.25) is 0 Å². The molecule has 84 valence electrons. The van der Waals surface area contributed by atoms with Gasteiger partial charge in [-0.1, -0.05) is 12.1 Å². The zero-order valence-corrected chi connectivity index (χ0v) is 10.1. The molecule has 0 unspecified atom stereocenters.